The Morgan fingerprint density at radius 1 is 1.13 bits per heavy atom. The summed E-state index contributed by atoms with van der Waals surface area (Å²) in [4.78, 5) is 27.9. The lowest BCUT2D eigenvalue weighted by Crippen LogP contribution is -2.32. The molecule has 1 heterocycles. The van der Waals surface area contributed by atoms with Crippen LogP contribution in [0.25, 0.3) is 0 Å². The van der Waals surface area contributed by atoms with Gasteiger partial charge < -0.3 is 15.4 Å². The van der Waals surface area contributed by atoms with Gasteiger partial charge in [0.05, 0.1) is 25.5 Å². The van der Waals surface area contributed by atoms with Gasteiger partial charge in [0.25, 0.3) is 5.91 Å². The van der Waals surface area contributed by atoms with Crippen molar-refractivity contribution in [1.29, 1.82) is 0 Å². The summed E-state index contributed by atoms with van der Waals surface area (Å²) >= 11 is 0. The normalized spacial score (nSPS) is 10.0. The smallest absolute Gasteiger partial charge is 0.251 e. The number of hydrogen-bond acceptors (Lipinski definition) is 4. The molecule has 2 aromatic rings. The first-order valence-corrected chi connectivity index (χ1v) is 7.14. The van der Waals surface area contributed by atoms with E-state index in [0.717, 1.165) is 11.1 Å². The average Bonchev–Trinajstić information content (AvgIpc) is 2.52. The summed E-state index contributed by atoms with van der Waals surface area (Å²) in [5.41, 5.74) is 3.09. The molecule has 0 fully saturated rings. The Labute approximate surface area is 134 Å². The van der Waals surface area contributed by atoms with Crippen molar-refractivity contribution in [2.75, 3.05) is 19.0 Å². The first kappa shape index (κ1) is 16.5. The lowest BCUT2D eigenvalue weighted by Gasteiger charge is -2.08. The van der Waals surface area contributed by atoms with Crippen LogP contribution in [-0.2, 0) is 4.79 Å². The fourth-order valence-corrected chi connectivity index (χ4v) is 2.15. The van der Waals surface area contributed by atoms with E-state index in [1.807, 2.05) is 19.9 Å². The van der Waals surface area contributed by atoms with Crippen LogP contribution in [0.4, 0.5) is 5.69 Å². The Hall–Kier alpha value is -2.89. The zero-order chi connectivity index (χ0) is 16.8. The van der Waals surface area contributed by atoms with Crippen LogP contribution >= 0.6 is 0 Å². The minimum atomic E-state index is -0.324. The maximum Gasteiger partial charge on any atom is 0.251 e. The molecule has 0 atom stereocenters. The van der Waals surface area contributed by atoms with Gasteiger partial charge in [0.1, 0.15) is 0 Å². The topological polar surface area (TPSA) is 80.3 Å². The maximum atomic E-state index is 12.1. The van der Waals surface area contributed by atoms with E-state index in [1.165, 1.54) is 13.3 Å². The second kappa shape index (κ2) is 7.40. The number of nitrogens with zero attached hydrogens (tertiary/aromatic N) is 1. The molecular formula is C17H19N3O3. The summed E-state index contributed by atoms with van der Waals surface area (Å²) in [6, 6.07) is 8.88. The Bertz CT molecular complexity index is 691. The summed E-state index contributed by atoms with van der Waals surface area (Å²) in [6.45, 7) is 3.73. The lowest BCUT2D eigenvalue weighted by molar-refractivity contribution is -0.115. The van der Waals surface area contributed by atoms with Crippen molar-refractivity contribution >= 4 is 17.5 Å². The number of methoxy groups -OCH3 is 1. The highest BCUT2D eigenvalue weighted by Gasteiger charge is 2.09. The molecule has 6 heteroatoms. The molecule has 23 heavy (non-hydrogen) atoms. The van der Waals surface area contributed by atoms with Crippen LogP contribution in [-0.4, -0.2) is 30.5 Å². The number of aryl methyl sites for hydroxylation is 2. The van der Waals surface area contributed by atoms with Crippen molar-refractivity contribution in [3.63, 3.8) is 0 Å². The highest BCUT2D eigenvalue weighted by Crippen LogP contribution is 2.11. The molecule has 0 radical (unpaired) electrons. The summed E-state index contributed by atoms with van der Waals surface area (Å²) in [7, 11) is 1.52. The summed E-state index contributed by atoms with van der Waals surface area (Å²) in [5, 5.41) is 5.25. The van der Waals surface area contributed by atoms with Crippen molar-refractivity contribution in [3.05, 3.63) is 53.2 Å². The fourth-order valence-electron chi connectivity index (χ4n) is 2.15. The number of amides is 2. The van der Waals surface area contributed by atoms with Gasteiger partial charge in [-0.25, -0.2) is 4.98 Å². The van der Waals surface area contributed by atoms with E-state index in [-0.39, 0.29) is 18.4 Å². The summed E-state index contributed by atoms with van der Waals surface area (Å²) in [5.74, 6) is -0.138. The standard InChI is InChI=1S/C17H19N3O3/c1-11-6-12(2)8-13(7-11)17(22)19-10-15(21)20-14-4-5-16(23-3)18-9-14/h4-9H,10H2,1-3H3,(H,19,22)(H,20,21). The van der Waals surface area contributed by atoms with Crippen LogP contribution in [0.1, 0.15) is 21.5 Å². The van der Waals surface area contributed by atoms with E-state index >= 15 is 0 Å². The largest absolute Gasteiger partial charge is 0.481 e. The molecule has 0 aliphatic rings. The van der Waals surface area contributed by atoms with Gasteiger partial charge in [-0.05, 0) is 32.0 Å². The molecule has 2 amide bonds. The molecule has 120 valence electrons. The number of aromatic nitrogens is 1. The number of benzene rings is 1. The molecule has 2 rings (SSSR count). The van der Waals surface area contributed by atoms with Crippen molar-refractivity contribution in [2.24, 2.45) is 0 Å². The molecule has 1 aromatic heterocycles. The number of nitrogens with one attached hydrogen (secondary N) is 2. The first-order chi connectivity index (χ1) is 11.0. The highest BCUT2D eigenvalue weighted by molar-refractivity contribution is 5.99. The minimum Gasteiger partial charge on any atom is -0.481 e. The fraction of sp³-hybridized carbons (Fsp3) is 0.235. The van der Waals surface area contributed by atoms with Crippen LogP contribution in [0.5, 0.6) is 5.88 Å². The number of pyridine rings is 1. The van der Waals surface area contributed by atoms with E-state index in [2.05, 4.69) is 15.6 Å². The molecule has 0 aliphatic heterocycles. The van der Waals surface area contributed by atoms with Crippen molar-refractivity contribution in [1.82, 2.24) is 10.3 Å². The number of carbonyl (C=O) groups excluding carboxylic acids is 2. The molecule has 0 saturated heterocycles. The molecule has 0 bridgehead atoms. The van der Waals surface area contributed by atoms with Crippen molar-refractivity contribution in [2.45, 2.75) is 13.8 Å². The van der Waals surface area contributed by atoms with Gasteiger partial charge in [-0.1, -0.05) is 17.2 Å². The second-order valence-corrected chi connectivity index (χ2v) is 5.20. The van der Waals surface area contributed by atoms with E-state index < -0.39 is 0 Å². The van der Waals surface area contributed by atoms with Crippen LogP contribution in [0.2, 0.25) is 0 Å². The molecule has 0 saturated carbocycles. The Morgan fingerprint density at radius 2 is 1.83 bits per heavy atom. The molecular weight excluding hydrogens is 294 g/mol. The second-order valence-electron chi connectivity index (χ2n) is 5.20. The van der Waals surface area contributed by atoms with E-state index in [4.69, 9.17) is 4.74 Å². The quantitative estimate of drug-likeness (QED) is 0.885. The molecule has 6 nitrogen and oxygen atoms in total. The third-order valence-corrected chi connectivity index (χ3v) is 3.12. The molecule has 0 aliphatic carbocycles. The van der Waals surface area contributed by atoms with Gasteiger partial charge in [-0.3, -0.25) is 9.59 Å². The molecule has 2 N–H and O–H groups in total. The van der Waals surface area contributed by atoms with Gasteiger partial charge in [-0.15, -0.1) is 0 Å². The van der Waals surface area contributed by atoms with Crippen LogP contribution in [0.3, 0.4) is 0 Å². The monoisotopic (exact) mass is 313 g/mol. The number of ether oxygens (including phenoxy) is 1. The molecule has 1 aromatic carbocycles. The Balaban J connectivity index is 1.89. The Kier molecular flexibility index (Phi) is 5.30. The van der Waals surface area contributed by atoms with E-state index in [1.54, 1.807) is 24.3 Å². The van der Waals surface area contributed by atoms with Crippen molar-refractivity contribution in [3.8, 4) is 5.88 Å². The summed E-state index contributed by atoms with van der Waals surface area (Å²) in [6.07, 6.45) is 1.49. The van der Waals surface area contributed by atoms with E-state index in [0.29, 0.717) is 17.1 Å². The molecule has 0 unspecified atom stereocenters. The maximum absolute atomic E-state index is 12.1. The van der Waals surface area contributed by atoms with E-state index in [9.17, 15) is 9.59 Å². The van der Waals surface area contributed by atoms with Crippen LogP contribution in [0, 0.1) is 13.8 Å². The van der Waals surface area contributed by atoms with Crippen LogP contribution < -0.4 is 15.4 Å². The summed E-state index contributed by atoms with van der Waals surface area (Å²) < 4.78 is 4.94. The van der Waals surface area contributed by atoms with Gasteiger partial charge in [0.2, 0.25) is 11.8 Å². The van der Waals surface area contributed by atoms with Gasteiger partial charge in [0.15, 0.2) is 0 Å². The average molecular weight is 313 g/mol. The van der Waals surface area contributed by atoms with Crippen molar-refractivity contribution < 1.29 is 14.3 Å². The predicted octanol–water partition coefficient (Wildman–Crippen LogP) is 2.08. The predicted molar refractivity (Wildman–Crippen MR) is 87.7 cm³/mol. The number of hydrogen-bond donors (Lipinski definition) is 2. The third-order valence-electron chi connectivity index (χ3n) is 3.12. The number of carbonyl (C=O) groups is 2. The molecule has 0 spiro atoms. The SMILES string of the molecule is COc1ccc(NC(=O)CNC(=O)c2cc(C)cc(C)c2)cn1. The van der Waals surface area contributed by atoms with Gasteiger partial charge in [-0.2, -0.15) is 0 Å². The number of rotatable bonds is 5. The first-order valence-electron chi connectivity index (χ1n) is 7.14. The third kappa shape index (κ3) is 4.81. The lowest BCUT2D eigenvalue weighted by atomic mass is 10.1. The van der Waals surface area contributed by atoms with Gasteiger partial charge >= 0.3 is 0 Å². The number of anilines is 1. The van der Waals surface area contributed by atoms with Crippen LogP contribution in [0.15, 0.2) is 36.5 Å². The zero-order valence-corrected chi connectivity index (χ0v) is 13.3. The zero-order valence-electron chi connectivity index (χ0n) is 13.3. The van der Waals surface area contributed by atoms with Gasteiger partial charge in [0, 0.05) is 11.6 Å². The highest BCUT2D eigenvalue weighted by atomic mass is 16.5. The Morgan fingerprint density at radius 3 is 2.39 bits per heavy atom. The minimum absolute atomic E-state index is 0.113.